The third-order valence-electron chi connectivity index (χ3n) is 6.14. The number of carboxylic acid groups (broad SMARTS) is 1. The highest BCUT2D eigenvalue weighted by Gasteiger charge is 2.30. The number of hydrogen-bond acceptors (Lipinski definition) is 6. The van der Waals surface area contributed by atoms with Gasteiger partial charge in [-0.1, -0.05) is 23.7 Å². The number of fused-ring (bicyclic) bond motifs is 1. The average Bonchev–Trinajstić information content (AvgIpc) is 2.86. The first-order valence-electron chi connectivity index (χ1n) is 11.1. The number of aldehydes is 1. The molecule has 4 rings (SSSR count). The first-order valence-corrected chi connectivity index (χ1v) is 11.5. The lowest BCUT2D eigenvalue weighted by molar-refractivity contribution is 0.0725. The lowest BCUT2D eigenvalue weighted by atomic mass is 9.87. The minimum Gasteiger partial charge on any atom is -0.496 e. The first kappa shape index (κ1) is 24.5. The summed E-state index contributed by atoms with van der Waals surface area (Å²) in [5, 5.41) is 20.8. The highest BCUT2D eigenvalue weighted by atomic mass is 35.5. The van der Waals surface area contributed by atoms with E-state index in [2.05, 4.69) is 4.98 Å². The fourth-order valence-electron chi connectivity index (χ4n) is 4.31. The number of aromatic nitrogens is 1. The maximum atomic E-state index is 12.1. The summed E-state index contributed by atoms with van der Waals surface area (Å²) in [6, 6.07) is 13.6. The highest BCUT2D eigenvalue weighted by molar-refractivity contribution is 6.29. The van der Waals surface area contributed by atoms with Crippen molar-refractivity contribution in [1.82, 2.24) is 9.88 Å². The minimum absolute atomic E-state index is 0.0742. The maximum Gasteiger partial charge on any atom is 0.407 e. The van der Waals surface area contributed by atoms with Crippen LogP contribution < -0.4 is 9.47 Å². The number of aliphatic hydroxyl groups excluding tert-OH is 1. The van der Waals surface area contributed by atoms with E-state index in [1.54, 1.807) is 30.3 Å². The van der Waals surface area contributed by atoms with E-state index in [0.29, 0.717) is 59.1 Å². The van der Waals surface area contributed by atoms with Crippen LogP contribution in [0.1, 0.15) is 39.6 Å². The number of pyridine rings is 1. The number of ether oxygens (including phenoxy) is 2. The van der Waals surface area contributed by atoms with E-state index in [1.807, 2.05) is 18.2 Å². The molecule has 0 spiro atoms. The molecule has 0 unspecified atom stereocenters. The summed E-state index contributed by atoms with van der Waals surface area (Å²) in [4.78, 5) is 28.6. The predicted octanol–water partition coefficient (Wildman–Crippen LogP) is 4.92. The van der Waals surface area contributed by atoms with Gasteiger partial charge in [-0.25, -0.2) is 9.78 Å². The van der Waals surface area contributed by atoms with Gasteiger partial charge in [-0.3, -0.25) is 4.79 Å². The molecule has 9 heteroatoms. The van der Waals surface area contributed by atoms with Crippen LogP contribution in [-0.4, -0.2) is 52.2 Å². The second-order valence-corrected chi connectivity index (χ2v) is 8.70. The van der Waals surface area contributed by atoms with Crippen LogP contribution in [0.5, 0.6) is 17.2 Å². The number of aryl methyl sites for hydroxylation is 1. The Morgan fingerprint density at radius 1 is 1.20 bits per heavy atom. The summed E-state index contributed by atoms with van der Waals surface area (Å²) in [5.74, 6) is 1.54. The van der Waals surface area contributed by atoms with Gasteiger partial charge in [0.1, 0.15) is 22.4 Å². The van der Waals surface area contributed by atoms with E-state index in [-0.39, 0.29) is 12.6 Å². The number of nitrogens with zero attached hydrogens (tertiary/aromatic N) is 2. The van der Waals surface area contributed by atoms with Crippen LogP contribution in [0.25, 0.3) is 0 Å². The van der Waals surface area contributed by atoms with Gasteiger partial charge in [-0.05, 0) is 66.8 Å². The van der Waals surface area contributed by atoms with Crippen molar-refractivity contribution in [2.24, 2.45) is 0 Å². The molecular weight excluding hydrogens is 472 g/mol. The van der Waals surface area contributed by atoms with Crippen molar-refractivity contribution in [3.05, 3.63) is 82.1 Å². The molecule has 1 aliphatic carbocycles. The number of carbonyl (C=O) groups is 2. The lowest BCUT2D eigenvalue weighted by Crippen LogP contribution is -2.44. The quantitative estimate of drug-likeness (QED) is 0.336. The molecule has 35 heavy (non-hydrogen) atoms. The summed E-state index contributed by atoms with van der Waals surface area (Å²) in [5.41, 5.74) is 3.00. The molecule has 0 radical (unpaired) electrons. The monoisotopic (exact) mass is 496 g/mol. The van der Waals surface area contributed by atoms with Gasteiger partial charge < -0.3 is 24.6 Å². The average molecular weight is 497 g/mol. The maximum absolute atomic E-state index is 12.1. The molecule has 8 nitrogen and oxygen atoms in total. The van der Waals surface area contributed by atoms with E-state index in [1.165, 1.54) is 18.2 Å². The van der Waals surface area contributed by atoms with Crippen molar-refractivity contribution in [2.75, 3.05) is 13.7 Å². The molecular formula is C26H25ClN2O6. The SMILES string of the molecule is COc1ccc(Oc2ccc3c(c2)C[C@@H](N(C[C@@H](O)c2ccc(Cl)nc2)C(=O)O)CC3)cc1C=O. The molecule has 2 atom stereocenters. The lowest BCUT2D eigenvalue weighted by Gasteiger charge is -2.34. The number of rotatable bonds is 8. The zero-order chi connectivity index (χ0) is 24.9. The molecule has 0 bridgehead atoms. The number of carbonyl (C=O) groups excluding carboxylic acids is 1. The Labute approximate surface area is 207 Å². The number of amides is 1. The molecule has 0 saturated carbocycles. The molecule has 3 aromatic rings. The molecule has 0 aliphatic heterocycles. The van der Waals surface area contributed by atoms with Gasteiger partial charge in [0.15, 0.2) is 6.29 Å². The van der Waals surface area contributed by atoms with Gasteiger partial charge in [0.2, 0.25) is 0 Å². The normalized spacial score (nSPS) is 15.6. The van der Waals surface area contributed by atoms with E-state index < -0.39 is 12.2 Å². The standard InChI is InChI=1S/C26H25ClN2O6/c1-34-24-8-7-22(12-19(24)15-30)35-21-6-3-16-2-5-20(10-18(16)11-21)29(26(32)33)14-23(31)17-4-9-25(27)28-13-17/h3-4,6-9,11-13,15,20,23,31H,2,5,10,14H2,1H3,(H,32,33)/t20-,23+/m0/s1. The second kappa shape index (κ2) is 10.8. The molecule has 1 heterocycles. The number of benzene rings is 2. The van der Waals surface area contributed by atoms with Crippen molar-refractivity contribution in [1.29, 1.82) is 0 Å². The number of halogens is 1. The van der Waals surface area contributed by atoms with Crippen LogP contribution >= 0.6 is 11.6 Å². The van der Waals surface area contributed by atoms with Crippen LogP contribution in [-0.2, 0) is 12.8 Å². The topological polar surface area (TPSA) is 109 Å². The third-order valence-corrected chi connectivity index (χ3v) is 6.36. The summed E-state index contributed by atoms with van der Waals surface area (Å²) in [6.45, 7) is -0.0742. The summed E-state index contributed by atoms with van der Waals surface area (Å²) >= 11 is 5.81. The van der Waals surface area contributed by atoms with E-state index in [0.717, 1.165) is 11.1 Å². The van der Waals surface area contributed by atoms with E-state index in [9.17, 15) is 19.8 Å². The first-order chi connectivity index (χ1) is 16.9. The summed E-state index contributed by atoms with van der Waals surface area (Å²) in [6.07, 6.45) is 1.89. The van der Waals surface area contributed by atoms with E-state index >= 15 is 0 Å². The van der Waals surface area contributed by atoms with Gasteiger partial charge in [-0.15, -0.1) is 0 Å². The fraction of sp³-hybridized carbons (Fsp3) is 0.269. The van der Waals surface area contributed by atoms with E-state index in [4.69, 9.17) is 21.1 Å². The molecule has 2 N–H and O–H groups in total. The zero-order valence-corrected chi connectivity index (χ0v) is 19.8. The Balaban J connectivity index is 1.49. The van der Waals surface area contributed by atoms with Crippen LogP contribution in [0, 0.1) is 0 Å². The number of hydrogen-bond donors (Lipinski definition) is 2. The van der Waals surface area contributed by atoms with Gasteiger partial charge in [0.05, 0.1) is 25.3 Å². The van der Waals surface area contributed by atoms with Crippen LogP contribution in [0.15, 0.2) is 54.7 Å². The number of methoxy groups -OCH3 is 1. The van der Waals surface area contributed by atoms with Gasteiger partial charge in [0, 0.05) is 17.8 Å². The Hall–Kier alpha value is -3.62. The highest BCUT2D eigenvalue weighted by Crippen LogP contribution is 2.32. The molecule has 1 aromatic heterocycles. The van der Waals surface area contributed by atoms with Gasteiger partial charge in [-0.2, -0.15) is 0 Å². The van der Waals surface area contributed by atoms with Crippen LogP contribution in [0.4, 0.5) is 4.79 Å². The zero-order valence-electron chi connectivity index (χ0n) is 19.1. The van der Waals surface area contributed by atoms with Crippen molar-refractivity contribution in [3.63, 3.8) is 0 Å². The molecule has 2 aromatic carbocycles. The van der Waals surface area contributed by atoms with Gasteiger partial charge in [0.25, 0.3) is 0 Å². The number of aliphatic hydroxyl groups is 1. The second-order valence-electron chi connectivity index (χ2n) is 8.32. The Bertz CT molecular complexity index is 1220. The van der Waals surface area contributed by atoms with Crippen LogP contribution in [0.2, 0.25) is 5.15 Å². The van der Waals surface area contributed by atoms with Crippen molar-refractivity contribution in [2.45, 2.75) is 31.4 Å². The van der Waals surface area contributed by atoms with Crippen molar-refractivity contribution < 1.29 is 29.3 Å². The molecule has 0 fully saturated rings. The molecule has 0 saturated heterocycles. The van der Waals surface area contributed by atoms with Gasteiger partial charge >= 0.3 is 6.09 Å². The smallest absolute Gasteiger partial charge is 0.407 e. The Morgan fingerprint density at radius 2 is 1.97 bits per heavy atom. The Morgan fingerprint density at radius 3 is 2.66 bits per heavy atom. The molecule has 1 aliphatic rings. The molecule has 1 amide bonds. The predicted molar refractivity (Wildman–Crippen MR) is 130 cm³/mol. The minimum atomic E-state index is -1.09. The van der Waals surface area contributed by atoms with Crippen molar-refractivity contribution in [3.8, 4) is 17.2 Å². The third kappa shape index (κ3) is 5.72. The molecule has 182 valence electrons. The van der Waals surface area contributed by atoms with Crippen molar-refractivity contribution >= 4 is 24.0 Å². The Kier molecular flexibility index (Phi) is 7.53. The fourth-order valence-corrected chi connectivity index (χ4v) is 4.42. The summed E-state index contributed by atoms with van der Waals surface area (Å²) in [7, 11) is 1.49. The largest absolute Gasteiger partial charge is 0.496 e. The summed E-state index contributed by atoms with van der Waals surface area (Å²) < 4.78 is 11.1. The van der Waals surface area contributed by atoms with Crippen LogP contribution in [0.3, 0.4) is 0 Å².